The first-order valence-electron chi connectivity index (χ1n) is 4.43. The molecule has 3 N–H and O–H groups in total. The minimum atomic E-state index is -4.00. The number of hydrogen-bond donors (Lipinski definition) is 2. The Kier molecular flexibility index (Phi) is 6.22. The molecule has 0 spiro atoms. The van der Waals surface area contributed by atoms with Crippen LogP contribution in [0.5, 0.6) is 0 Å². The van der Waals surface area contributed by atoms with Gasteiger partial charge < -0.3 is 4.74 Å². The molecule has 0 rings (SSSR count). The molecule has 0 aliphatic carbocycles. The number of rotatable bonds is 6. The van der Waals surface area contributed by atoms with Crippen molar-refractivity contribution in [1.82, 2.24) is 4.72 Å². The average molecular weight is 224 g/mol. The lowest BCUT2D eigenvalue weighted by Crippen LogP contribution is -2.36. The Morgan fingerprint density at radius 2 is 2.00 bits per heavy atom. The summed E-state index contributed by atoms with van der Waals surface area (Å²) in [5, 5.41) is 4.55. The van der Waals surface area contributed by atoms with Crippen LogP contribution in [0.2, 0.25) is 0 Å². The van der Waals surface area contributed by atoms with Gasteiger partial charge in [0.05, 0.1) is 6.61 Å². The Bertz CT molecular complexity index is 263. The van der Waals surface area contributed by atoms with Gasteiger partial charge in [0.2, 0.25) is 0 Å². The molecule has 0 atom stereocenters. The maximum Gasteiger partial charge on any atom is 0.421 e. The van der Waals surface area contributed by atoms with Crippen molar-refractivity contribution in [2.45, 2.75) is 32.6 Å². The van der Waals surface area contributed by atoms with E-state index in [1.54, 1.807) is 0 Å². The van der Waals surface area contributed by atoms with Crippen molar-refractivity contribution in [1.29, 1.82) is 0 Å². The van der Waals surface area contributed by atoms with E-state index in [-0.39, 0.29) is 6.61 Å². The lowest BCUT2D eigenvalue weighted by molar-refractivity contribution is 0.150. The maximum atomic E-state index is 10.7. The molecule has 0 aliphatic rings. The molecule has 0 aromatic carbocycles. The second-order valence-electron chi connectivity index (χ2n) is 2.84. The number of nitrogens with two attached hydrogens (primary N) is 1. The van der Waals surface area contributed by atoms with E-state index in [1.165, 1.54) is 4.72 Å². The van der Waals surface area contributed by atoms with Crippen molar-refractivity contribution >= 4 is 16.3 Å². The van der Waals surface area contributed by atoms with Gasteiger partial charge in [-0.2, -0.15) is 8.42 Å². The minimum Gasteiger partial charge on any atom is -0.449 e. The van der Waals surface area contributed by atoms with Gasteiger partial charge >= 0.3 is 16.3 Å². The average Bonchev–Trinajstić information content (AvgIpc) is 2.00. The summed E-state index contributed by atoms with van der Waals surface area (Å²) in [5.74, 6) is 0. The fourth-order valence-electron chi connectivity index (χ4n) is 0.839. The zero-order chi connectivity index (χ0) is 11.0. The van der Waals surface area contributed by atoms with Gasteiger partial charge in [-0.3, -0.25) is 0 Å². The van der Waals surface area contributed by atoms with Crippen molar-refractivity contribution in [3.8, 4) is 0 Å². The molecule has 0 radical (unpaired) electrons. The maximum absolute atomic E-state index is 10.7. The quantitative estimate of drug-likeness (QED) is 0.641. The highest BCUT2D eigenvalue weighted by atomic mass is 32.2. The van der Waals surface area contributed by atoms with Crippen LogP contribution in [0.1, 0.15) is 32.6 Å². The molecule has 0 bridgehead atoms. The van der Waals surface area contributed by atoms with Gasteiger partial charge in [-0.05, 0) is 6.42 Å². The molecule has 0 saturated carbocycles. The van der Waals surface area contributed by atoms with Crippen LogP contribution >= 0.6 is 0 Å². The van der Waals surface area contributed by atoms with E-state index >= 15 is 0 Å². The monoisotopic (exact) mass is 224 g/mol. The zero-order valence-corrected chi connectivity index (χ0v) is 8.97. The third-order valence-corrected chi connectivity index (χ3v) is 1.91. The summed E-state index contributed by atoms with van der Waals surface area (Å²) >= 11 is 0. The first-order chi connectivity index (χ1) is 6.45. The summed E-state index contributed by atoms with van der Waals surface area (Å²) in [6, 6.07) is 0. The smallest absolute Gasteiger partial charge is 0.421 e. The summed E-state index contributed by atoms with van der Waals surface area (Å²) in [6.07, 6.45) is 2.82. The van der Waals surface area contributed by atoms with Crippen LogP contribution in [0.15, 0.2) is 0 Å². The third kappa shape index (κ3) is 9.27. The van der Waals surface area contributed by atoms with Crippen molar-refractivity contribution < 1.29 is 17.9 Å². The second-order valence-corrected chi connectivity index (χ2v) is 4.14. The lowest BCUT2D eigenvalue weighted by atomic mass is 10.2. The molecule has 0 heterocycles. The molecular weight excluding hydrogens is 208 g/mol. The molecule has 1 amide bonds. The fourth-order valence-corrected chi connectivity index (χ4v) is 1.13. The molecular formula is C7H16N2O4S. The molecule has 0 saturated heterocycles. The largest absolute Gasteiger partial charge is 0.449 e. The van der Waals surface area contributed by atoms with E-state index in [1.807, 2.05) is 0 Å². The summed E-state index contributed by atoms with van der Waals surface area (Å²) < 4.78 is 26.7. The van der Waals surface area contributed by atoms with Gasteiger partial charge in [-0.15, -0.1) is 0 Å². The van der Waals surface area contributed by atoms with Crippen molar-refractivity contribution in [2.75, 3.05) is 6.61 Å². The Balaban J connectivity index is 3.46. The summed E-state index contributed by atoms with van der Waals surface area (Å²) in [7, 11) is -4.00. The number of nitrogens with one attached hydrogen (secondary N) is 1. The van der Waals surface area contributed by atoms with Crippen molar-refractivity contribution in [3.05, 3.63) is 0 Å². The first kappa shape index (κ1) is 13.2. The SMILES string of the molecule is CCCCCCOC(=O)NS(N)(=O)=O. The molecule has 0 aliphatic heterocycles. The van der Waals surface area contributed by atoms with Gasteiger partial charge in [0, 0.05) is 0 Å². The minimum absolute atomic E-state index is 0.210. The number of amides is 1. The number of ether oxygens (including phenoxy) is 1. The molecule has 0 aromatic rings. The van der Waals surface area contributed by atoms with E-state index in [0.717, 1.165) is 25.7 Å². The third-order valence-electron chi connectivity index (χ3n) is 1.46. The van der Waals surface area contributed by atoms with Crippen LogP contribution in [0.25, 0.3) is 0 Å². The van der Waals surface area contributed by atoms with Crippen LogP contribution in [0.4, 0.5) is 4.79 Å². The van der Waals surface area contributed by atoms with E-state index in [2.05, 4.69) is 16.8 Å². The molecule has 14 heavy (non-hydrogen) atoms. The Morgan fingerprint density at radius 1 is 1.36 bits per heavy atom. The molecule has 7 heteroatoms. The molecule has 0 unspecified atom stereocenters. The lowest BCUT2D eigenvalue weighted by Gasteiger charge is -2.04. The van der Waals surface area contributed by atoms with E-state index < -0.39 is 16.3 Å². The van der Waals surface area contributed by atoms with Gasteiger partial charge in [-0.1, -0.05) is 26.2 Å². The van der Waals surface area contributed by atoms with E-state index in [0.29, 0.717) is 0 Å². The second kappa shape index (κ2) is 6.61. The highest BCUT2D eigenvalue weighted by Gasteiger charge is 2.08. The normalized spacial score (nSPS) is 11.0. The van der Waals surface area contributed by atoms with Crippen LogP contribution in [0, 0.1) is 0 Å². The zero-order valence-electron chi connectivity index (χ0n) is 8.15. The summed E-state index contributed by atoms with van der Waals surface area (Å²) in [4.78, 5) is 10.7. The molecule has 0 fully saturated rings. The number of hydrogen-bond acceptors (Lipinski definition) is 4. The van der Waals surface area contributed by atoms with Gasteiger partial charge in [0.1, 0.15) is 0 Å². The highest BCUT2D eigenvalue weighted by molar-refractivity contribution is 7.87. The number of carbonyl (C=O) groups is 1. The van der Waals surface area contributed by atoms with Crippen LogP contribution in [0.3, 0.4) is 0 Å². The van der Waals surface area contributed by atoms with Gasteiger partial charge in [0.25, 0.3) is 0 Å². The Labute approximate surface area is 84.0 Å². The van der Waals surface area contributed by atoms with Crippen LogP contribution in [-0.4, -0.2) is 21.1 Å². The van der Waals surface area contributed by atoms with Crippen LogP contribution in [-0.2, 0) is 14.9 Å². The van der Waals surface area contributed by atoms with Crippen molar-refractivity contribution in [3.63, 3.8) is 0 Å². The predicted molar refractivity (Wildman–Crippen MR) is 51.7 cm³/mol. The van der Waals surface area contributed by atoms with Crippen molar-refractivity contribution in [2.24, 2.45) is 5.14 Å². The summed E-state index contributed by atoms with van der Waals surface area (Å²) in [5.41, 5.74) is 0. The number of carbonyl (C=O) groups excluding carboxylic acids is 1. The Morgan fingerprint density at radius 3 is 2.50 bits per heavy atom. The van der Waals surface area contributed by atoms with E-state index in [9.17, 15) is 13.2 Å². The standard InChI is InChI=1S/C7H16N2O4S/c1-2-3-4-5-6-13-7(10)9-14(8,11)12/h2-6H2,1H3,(H,9,10)(H2,8,11,12). The predicted octanol–water partition coefficient (Wildman–Crippen LogP) is 0.496. The van der Waals surface area contributed by atoms with Gasteiger partial charge in [0.15, 0.2) is 0 Å². The molecule has 6 nitrogen and oxygen atoms in total. The Hall–Kier alpha value is -0.820. The summed E-state index contributed by atoms with van der Waals surface area (Å²) in [6.45, 7) is 2.27. The highest BCUT2D eigenvalue weighted by Crippen LogP contribution is 1.98. The topological polar surface area (TPSA) is 98.5 Å². The molecule has 84 valence electrons. The number of unbranched alkanes of at least 4 members (excludes halogenated alkanes) is 3. The molecule has 0 aromatic heterocycles. The van der Waals surface area contributed by atoms with Gasteiger partial charge in [-0.25, -0.2) is 14.7 Å². The first-order valence-corrected chi connectivity index (χ1v) is 5.97. The van der Waals surface area contributed by atoms with E-state index in [4.69, 9.17) is 0 Å². The fraction of sp³-hybridized carbons (Fsp3) is 0.857. The van der Waals surface area contributed by atoms with Crippen LogP contribution < -0.4 is 9.86 Å².